The van der Waals surface area contributed by atoms with E-state index in [9.17, 15) is 14.4 Å². The number of Topliss-reactive ketones (excluding diaryl/α,β-unsaturated/α-hetero) is 1. The third-order valence-electron chi connectivity index (χ3n) is 7.72. The number of ether oxygens (including phenoxy) is 1. The summed E-state index contributed by atoms with van der Waals surface area (Å²) in [5.74, 6) is -0.761. The Kier molecular flexibility index (Phi) is 7.69. The molecule has 0 aliphatic carbocycles. The lowest BCUT2D eigenvalue weighted by molar-refractivity contribution is -0.146. The van der Waals surface area contributed by atoms with Gasteiger partial charge >= 0.3 is 0 Å². The molecule has 0 spiro atoms. The number of piperazine rings is 1. The first-order valence-electron chi connectivity index (χ1n) is 14.0. The van der Waals surface area contributed by atoms with E-state index in [4.69, 9.17) is 4.74 Å². The molecule has 0 saturated carbocycles. The zero-order valence-electron chi connectivity index (χ0n) is 23.8. The van der Waals surface area contributed by atoms with E-state index in [1.54, 1.807) is 29.4 Å². The summed E-state index contributed by atoms with van der Waals surface area (Å²) in [6, 6.07) is 12.6. The van der Waals surface area contributed by atoms with Crippen LogP contribution in [0.5, 0.6) is 5.75 Å². The summed E-state index contributed by atoms with van der Waals surface area (Å²) < 4.78 is 7.07. The summed E-state index contributed by atoms with van der Waals surface area (Å²) in [7, 11) is 1.50. The summed E-state index contributed by atoms with van der Waals surface area (Å²) >= 11 is 0. The van der Waals surface area contributed by atoms with Crippen molar-refractivity contribution in [1.82, 2.24) is 34.5 Å². The van der Waals surface area contributed by atoms with Crippen LogP contribution in [-0.2, 0) is 16.1 Å². The van der Waals surface area contributed by atoms with Gasteiger partial charge in [0.25, 0.3) is 11.8 Å². The van der Waals surface area contributed by atoms with Crippen LogP contribution < -0.4 is 15.4 Å². The predicted octanol–water partition coefficient (Wildman–Crippen LogP) is 2.13. The molecule has 1 fully saturated rings. The van der Waals surface area contributed by atoms with E-state index in [-0.39, 0.29) is 31.6 Å². The number of nitrogens with one attached hydrogen (secondary N) is 2. The zero-order chi connectivity index (χ0) is 29.9. The molecule has 6 rings (SSSR count). The molecular formula is C30H31N9O4. The molecule has 4 aromatic rings. The number of ketones is 1. The Morgan fingerprint density at radius 3 is 2.65 bits per heavy atom. The lowest BCUT2D eigenvalue weighted by Crippen LogP contribution is -2.57. The number of carbonyl (C=O) groups excluding carboxylic acids is 3. The fraction of sp³-hybridized carbons (Fsp3) is 0.300. The average Bonchev–Trinajstić information content (AvgIpc) is 3.71. The molecule has 5 heterocycles. The van der Waals surface area contributed by atoms with E-state index in [2.05, 4.69) is 30.7 Å². The highest BCUT2D eigenvalue weighted by Crippen LogP contribution is 2.42. The molecule has 2 amide bonds. The van der Waals surface area contributed by atoms with Crippen molar-refractivity contribution in [2.45, 2.75) is 25.4 Å². The second kappa shape index (κ2) is 11.9. The van der Waals surface area contributed by atoms with Gasteiger partial charge in [-0.25, -0.2) is 9.97 Å². The number of rotatable bonds is 8. The van der Waals surface area contributed by atoms with Crippen LogP contribution in [0.4, 0.5) is 11.6 Å². The first-order valence-corrected chi connectivity index (χ1v) is 14.0. The SMILES string of the molecule is COc1cnc(-n2cnc(NCc3cccnc3)n2)c2c1C(C(=O)C(=O)N1CCN(C(=O)c3ccccc3)C(C)C1)CN2. The fourth-order valence-corrected chi connectivity index (χ4v) is 5.51. The molecule has 2 aliphatic rings. The Labute approximate surface area is 247 Å². The second-order valence-electron chi connectivity index (χ2n) is 10.4. The van der Waals surface area contributed by atoms with Crippen molar-refractivity contribution in [3.05, 3.63) is 84.1 Å². The summed E-state index contributed by atoms with van der Waals surface area (Å²) in [4.78, 5) is 56.4. The highest BCUT2D eigenvalue weighted by Gasteiger charge is 2.41. The molecule has 2 unspecified atom stereocenters. The van der Waals surface area contributed by atoms with Crippen LogP contribution in [0.2, 0.25) is 0 Å². The summed E-state index contributed by atoms with van der Waals surface area (Å²) in [5, 5.41) is 10.9. The normalized spacial score (nSPS) is 17.6. The molecule has 43 heavy (non-hydrogen) atoms. The maximum atomic E-state index is 13.7. The summed E-state index contributed by atoms with van der Waals surface area (Å²) in [5.41, 5.74) is 2.69. The van der Waals surface area contributed by atoms with Gasteiger partial charge in [-0.1, -0.05) is 24.3 Å². The van der Waals surface area contributed by atoms with Gasteiger partial charge in [-0.3, -0.25) is 19.4 Å². The van der Waals surface area contributed by atoms with Crippen molar-refractivity contribution in [1.29, 1.82) is 0 Å². The summed E-state index contributed by atoms with van der Waals surface area (Å²) in [6.45, 7) is 3.47. The molecule has 2 aliphatic heterocycles. The molecule has 1 aromatic carbocycles. The lowest BCUT2D eigenvalue weighted by atomic mass is 9.95. The van der Waals surface area contributed by atoms with Crippen LogP contribution in [0.1, 0.15) is 34.3 Å². The van der Waals surface area contributed by atoms with E-state index >= 15 is 0 Å². The molecule has 220 valence electrons. The quantitative estimate of drug-likeness (QED) is 0.297. The minimum atomic E-state index is -0.773. The number of aromatic nitrogens is 5. The number of hydrogen-bond donors (Lipinski definition) is 2. The summed E-state index contributed by atoms with van der Waals surface area (Å²) in [6.07, 6.45) is 6.52. The first kappa shape index (κ1) is 27.8. The van der Waals surface area contributed by atoms with Crippen LogP contribution in [0.25, 0.3) is 5.82 Å². The number of pyridine rings is 2. The molecule has 2 atom stereocenters. The second-order valence-corrected chi connectivity index (χ2v) is 10.4. The topological polar surface area (TPSA) is 147 Å². The van der Waals surface area contributed by atoms with Crippen LogP contribution in [0.15, 0.2) is 67.4 Å². The Hall–Kier alpha value is -5.33. The van der Waals surface area contributed by atoms with Gasteiger partial charge in [-0.2, -0.15) is 4.68 Å². The number of carbonyl (C=O) groups is 3. The van der Waals surface area contributed by atoms with E-state index in [0.29, 0.717) is 47.4 Å². The Morgan fingerprint density at radius 2 is 1.91 bits per heavy atom. The Balaban J connectivity index is 1.17. The lowest BCUT2D eigenvalue weighted by Gasteiger charge is -2.39. The van der Waals surface area contributed by atoms with Gasteiger partial charge in [-0.15, -0.1) is 5.10 Å². The predicted molar refractivity (Wildman–Crippen MR) is 157 cm³/mol. The average molecular weight is 582 g/mol. The zero-order valence-corrected chi connectivity index (χ0v) is 23.8. The van der Waals surface area contributed by atoms with Crippen molar-refractivity contribution >= 4 is 29.2 Å². The maximum Gasteiger partial charge on any atom is 0.290 e. The van der Waals surface area contributed by atoms with Gasteiger partial charge in [0.15, 0.2) is 5.82 Å². The monoisotopic (exact) mass is 581 g/mol. The molecule has 13 heteroatoms. The standard InChI is InChI=1S/C30H31N9O4/c1-19-17-37(11-12-38(19)28(41)21-8-4-3-5-9-21)29(42)26(40)22-15-32-25-24(22)23(43-2)16-33-27(25)39-18-35-30(36-39)34-14-20-7-6-10-31-13-20/h3-10,13,16,18-19,22,32H,11-12,14-15,17H2,1-2H3,(H,34,36). The van der Waals surface area contributed by atoms with E-state index < -0.39 is 17.6 Å². The molecule has 0 radical (unpaired) electrons. The molecule has 1 saturated heterocycles. The van der Waals surface area contributed by atoms with Gasteiger partial charge in [0.1, 0.15) is 12.1 Å². The van der Waals surface area contributed by atoms with Gasteiger partial charge in [0, 0.05) is 62.3 Å². The number of hydrogen-bond acceptors (Lipinski definition) is 10. The largest absolute Gasteiger partial charge is 0.495 e. The number of anilines is 2. The highest BCUT2D eigenvalue weighted by atomic mass is 16.5. The Morgan fingerprint density at radius 1 is 1.07 bits per heavy atom. The number of benzene rings is 1. The number of amides is 2. The van der Waals surface area contributed by atoms with Gasteiger partial charge < -0.3 is 25.2 Å². The molecule has 3 aromatic heterocycles. The van der Waals surface area contributed by atoms with Gasteiger partial charge in [0.2, 0.25) is 11.7 Å². The maximum absolute atomic E-state index is 13.7. The van der Waals surface area contributed by atoms with Crippen LogP contribution in [0, 0.1) is 0 Å². The van der Waals surface area contributed by atoms with E-state index in [1.165, 1.54) is 29.2 Å². The van der Waals surface area contributed by atoms with Crippen molar-refractivity contribution in [3.63, 3.8) is 0 Å². The molecule has 2 N–H and O–H groups in total. The minimum absolute atomic E-state index is 0.0891. The third kappa shape index (κ3) is 5.48. The van der Waals surface area contributed by atoms with Crippen molar-refractivity contribution in [2.75, 3.05) is 43.9 Å². The van der Waals surface area contributed by atoms with Crippen LogP contribution >= 0.6 is 0 Å². The fourth-order valence-electron chi connectivity index (χ4n) is 5.51. The molecule has 0 bridgehead atoms. The van der Waals surface area contributed by atoms with Crippen LogP contribution in [-0.4, -0.2) is 91.5 Å². The third-order valence-corrected chi connectivity index (χ3v) is 7.72. The number of methoxy groups -OCH3 is 1. The van der Waals surface area contributed by atoms with Gasteiger partial charge in [-0.05, 0) is 30.7 Å². The Bertz CT molecular complexity index is 1640. The molecule has 13 nitrogen and oxygen atoms in total. The van der Waals surface area contributed by atoms with Crippen LogP contribution in [0.3, 0.4) is 0 Å². The molecular weight excluding hydrogens is 550 g/mol. The minimum Gasteiger partial charge on any atom is -0.495 e. The number of nitrogens with zero attached hydrogens (tertiary/aromatic N) is 7. The first-order chi connectivity index (χ1) is 20.9. The van der Waals surface area contributed by atoms with Crippen molar-refractivity contribution in [2.24, 2.45) is 0 Å². The smallest absolute Gasteiger partial charge is 0.290 e. The van der Waals surface area contributed by atoms with Crippen molar-refractivity contribution in [3.8, 4) is 11.6 Å². The van der Waals surface area contributed by atoms with Gasteiger partial charge in [0.05, 0.1) is 24.9 Å². The van der Waals surface area contributed by atoms with E-state index in [1.807, 2.05) is 37.3 Å². The number of fused-ring (bicyclic) bond motifs is 1. The van der Waals surface area contributed by atoms with E-state index in [0.717, 1.165) is 5.56 Å². The highest BCUT2D eigenvalue weighted by molar-refractivity contribution is 6.38. The van der Waals surface area contributed by atoms with Crippen molar-refractivity contribution < 1.29 is 19.1 Å².